The zero-order valence-electron chi connectivity index (χ0n) is 13.9. The van der Waals surface area contributed by atoms with Crippen molar-refractivity contribution >= 4 is 5.78 Å². The Morgan fingerprint density at radius 2 is 1.48 bits per heavy atom. The first-order valence-electron chi connectivity index (χ1n) is 7.30. The van der Waals surface area contributed by atoms with Gasteiger partial charge in [-0.1, -0.05) is 17.7 Å². The second kappa shape index (κ2) is 8.93. The minimum Gasteiger partial charge on any atom is -0.383 e. The predicted octanol–water partition coefficient (Wildman–Crippen LogP) is 2.39. The highest BCUT2D eigenvalue weighted by Crippen LogP contribution is 2.17. The van der Waals surface area contributed by atoms with Crippen molar-refractivity contribution < 1.29 is 14.3 Å². The van der Waals surface area contributed by atoms with Crippen molar-refractivity contribution in [2.24, 2.45) is 0 Å². The number of hydrogen-bond acceptors (Lipinski definition) is 4. The van der Waals surface area contributed by atoms with Crippen molar-refractivity contribution in [1.29, 1.82) is 0 Å². The van der Waals surface area contributed by atoms with E-state index in [2.05, 4.69) is 24.0 Å². The summed E-state index contributed by atoms with van der Waals surface area (Å²) in [6, 6.07) is 4.13. The standard InChI is InChI=1S/C17H27NO3/c1-13-10-14(2)17(15(3)11-13)16(19)12-18(6-8-20-4)7-9-21-5/h10-11H,6-9,12H2,1-5H3. The van der Waals surface area contributed by atoms with Crippen LogP contribution in [0.1, 0.15) is 27.0 Å². The van der Waals surface area contributed by atoms with Gasteiger partial charge in [-0.05, 0) is 31.9 Å². The van der Waals surface area contributed by atoms with Gasteiger partial charge in [0.2, 0.25) is 0 Å². The van der Waals surface area contributed by atoms with Crippen LogP contribution in [0.3, 0.4) is 0 Å². The number of ether oxygens (including phenoxy) is 2. The predicted molar refractivity (Wildman–Crippen MR) is 85.2 cm³/mol. The maximum atomic E-state index is 12.6. The lowest BCUT2D eigenvalue weighted by Crippen LogP contribution is -2.35. The summed E-state index contributed by atoms with van der Waals surface area (Å²) in [6.07, 6.45) is 0. The van der Waals surface area contributed by atoms with Gasteiger partial charge in [0.1, 0.15) is 0 Å². The van der Waals surface area contributed by atoms with Crippen LogP contribution in [0, 0.1) is 20.8 Å². The van der Waals surface area contributed by atoms with Crippen LogP contribution in [0.5, 0.6) is 0 Å². The normalized spacial score (nSPS) is 11.1. The molecule has 1 aromatic carbocycles. The van der Waals surface area contributed by atoms with E-state index in [1.807, 2.05) is 13.8 Å². The SMILES string of the molecule is COCCN(CCOC)CC(=O)c1c(C)cc(C)cc1C. The Morgan fingerprint density at radius 3 is 1.90 bits per heavy atom. The van der Waals surface area contributed by atoms with Crippen LogP contribution in [0.2, 0.25) is 0 Å². The van der Waals surface area contributed by atoms with Crippen molar-refractivity contribution in [2.75, 3.05) is 47.1 Å². The zero-order chi connectivity index (χ0) is 15.8. The summed E-state index contributed by atoms with van der Waals surface area (Å²) in [6.45, 7) is 9.15. The Balaban J connectivity index is 2.81. The monoisotopic (exact) mass is 293 g/mol. The molecule has 0 spiro atoms. The van der Waals surface area contributed by atoms with E-state index >= 15 is 0 Å². The Labute approximate surface area is 128 Å². The molecule has 0 N–H and O–H groups in total. The van der Waals surface area contributed by atoms with E-state index in [1.54, 1.807) is 14.2 Å². The molecular weight excluding hydrogens is 266 g/mol. The summed E-state index contributed by atoms with van der Waals surface area (Å²) in [4.78, 5) is 14.7. The van der Waals surface area contributed by atoms with Crippen molar-refractivity contribution in [2.45, 2.75) is 20.8 Å². The van der Waals surface area contributed by atoms with Crippen LogP contribution in [0.15, 0.2) is 12.1 Å². The van der Waals surface area contributed by atoms with Gasteiger partial charge in [-0.25, -0.2) is 0 Å². The number of rotatable bonds is 9. The highest BCUT2D eigenvalue weighted by molar-refractivity contribution is 6.00. The molecule has 0 amide bonds. The summed E-state index contributed by atoms with van der Waals surface area (Å²) in [7, 11) is 3.34. The second-order valence-electron chi connectivity index (χ2n) is 5.46. The minimum absolute atomic E-state index is 0.164. The molecule has 0 aliphatic carbocycles. The van der Waals surface area contributed by atoms with E-state index in [9.17, 15) is 4.79 Å². The summed E-state index contributed by atoms with van der Waals surface area (Å²) in [5.74, 6) is 0.164. The molecule has 0 heterocycles. The molecular formula is C17H27NO3. The maximum absolute atomic E-state index is 12.6. The molecule has 0 aliphatic heterocycles. The third-order valence-corrected chi connectivity index (χ3v) is 3.55. The molecule has 0 aromatic heterocycles. The van der Waals surface area contributed by atoms with Gasteiger partial charge in [-0.3, -0.25) is 9.69 Å². The third-order valence-electron chi connectivity index (χ3n) is 3.55. The van der Waals surface area contributed by atoms with Crippen LogP contribution in [0.25, 0.3) is 0 Å². The van der Waals surface area contributed by atoms with Crippen molar-refractivity contribution in [1.82, 2.24) is 4.90 Å². The van der Waals surface area contributed by atoms with E-state index in [-0.39, 0.29) is 5.78 Å². The second-order valence-corrected chi connectivity index (χ2v) is 5.46. The molecule has 0 fully saturated rings. The Bertz CT molecular complexity index is 440. The molecule has 0 bridgehead atoms. The van der Waals surface area contributed by atoms with E-state index in [0.717, 1.165) is 29.8 Å². The third kappa shape index (κ3) is 5.58. The van der Waals surface area contributed by atoms with Crippen LogP contribution < -0.4 is 0 Å². The number of ketones is 1. The van der Waals surface area contributed by atoms with Gasteiger partial charge >= 0.3 is 0 Å². The number of nitrogens with zero attached hydrogens (tertiary/aromatic N) is 1. The van der Waals surface area contributed by atoms with E-state index in [1.165, 1.54) is 5.56 Å². The van der Waals surface area contributed by atoms with Gasteiger partial charge in [0.25, 0.3) is 0 Å². The quantitative estimate of drug-likeness (QED) is 0.655. The molecule has 0 aliphatic rings. The average molecular weight is 293 g/mol. The smallest absolute Gasteiger partial charge is 0.177 e. The van der Waals surface area contributed by atoms with Gasteiger partial charge in [0, 0.05) is 32.9 Å². The molecule has 0 radical (unpaired) electrons. The van der Waals surface area contributed by atoms with Crippen LogP contribution >= 0.6 is 0 Å². The van der Waals surface area contributed by atoms with Gasteiger partial charge in [-0.15, -0.1) is 0 Å². The van der Waals surface area contributed by atoms with Crippen molar-refractivity contribution in [3.8, 4) is 0 Å². The summed E-state index contributed by atoms with van der Waals surface area (Å²) in [5.41, 5.74) is 4.14. The average Bonchev–Trinajstić information content (AvgIpc) is 2.40. The molecule has 4 heteroatoms. The Hall–Kier alpha value is -1.23. The van der Waals surface area contributed by atoms with Crippen LogP contribution in [-0.4, -0.2) is 57.8 Å². The maximum Gasteiger partial charge on any atom is 0.177 e. The van der Waals surface area contributed by atoms with Crippen LogP contribution in [-0.2, 0) is 9.47 Å². The Morgan fingerprint density at radius 1 is 1.00 bits per heavy atom. The first-order chi connectivity index (χ1) is 9.99. The fraction of sp³-hybridized carbons (Fsp3) is 0.588. The molecule has 4 nitrogen and oxygen atoms in total. The number of carbonyl (C=O) groups excluding carboxylic acids is 1. The Kier molecular flexibility index (Phi) is 7.57. The van der Waals surface area contributed by atoms with Crippen molar-refractivity contribution in [3.05, 3.63) is 34.4 Å². The molecule has 0 saturated carbocycles. The number of Topliss-reactive ketones (excluding diaryl/α,β-unsaturated/α-hetero) is 1. The lowest BCUT2D eigenvalue weighted by atomic mass is 9.96. The lowest BCUT2D eigenvalue weighted by molar-refractivity contribution is 0.0836. The van der Waals surface area contributed by atoms with Crippen LogP contribution in [0.4, 0.5) is 0 Å². The van der Waals surface area contributed by atoms with Gasteiger partial charge in [0.05, 0.1) is 19.8 Å². The first kappa shape index (κ1) is 17.8. The fourth-order valence-electron chi connectivity index (χ4n) is 2.61. The molecule has 21 heavy (non-hydrogen) atoms. The van der Waals surface area contributed by atoms with E-state index in [4.69, 9.17) is 9.47 Å². The minimum atomic E-state index is 0.164. The molecule has 0 saturated heterocycles. The number of methoxy groups -OCH3 is 2. The summed E-state index contributed by atoms with van der Waals surface area (Å²) < 4.78 is 10.2. The molecule has 1 aromatic rings. The van der Waals surface area contributed by atoms with Gasteiger partial charge < -0.3 is 9.47 Å². The number of aryl methyl sites for hydroxylation is 3. The van der Waals surface area contributed by atoms with E-state index in [0.29, 0.717) is 19.8 Å². The van der Waals surface area contributed by atoms with Gasteiger partial charge in [0.15, 0.2) is 5.78 Å². The number of carbonyl (C=O) groups is 1. The topological polar surface area (TPSA) is 38.8 Å². The summed E-state index contributed by atoms with van der Waals surface area (Å²) >= 11 is 0. The summed E-state index contributed by atoms with van der Waals surface area (Å²) in [5, 5.41) is 0. The number of benzene rings is 1. The molecule has 1 rings (SSSR count). The molecule has 0 unspecified atom stereocenters. The first-order valence-corrected chi connectivity index (χ1v) is 7.30. The molecule has 0 atom stereocenters. The highest BCUT2D eigenvalue weighted by Gasteiger charge is 2.16. The fourth-order valence-corrected chi connectivity index (χ4v) is 2.61. The van der Waals surface area contributed by atoms with E-state index < -0.39 is 0 Å². The van der Waals surface area contributed by atoms with Gasteiger partial charge in [-0.2, -0.15) is 0 Å². The van der Waals surface area contributed by atoms with Crippen molar-refractivity contribution in [3.63, 3.8) is 0 Å². The lowest BCUT2D eigenvalue weighted by Gasteiger charge is -2.21. The number of hydrogen-bond donors (Lipinski definition) is 0. The molecule has 118 valence electrons. The zero-order valence-corrected chi connectivity index (χ0v) is 13.9. The largest absolute Gasteiger partial charge is 0.383 e. The highest BCUT2D eigenvalue weighted by atomic mass is 16.5.